The van der Waals surface area contributed by atoms with Gasteiger partial charge >= 0.3 is 0 Å². The molecule has 0 amide bonds. The van der Waals surface area contributed by atoms with Crippen LogP contribution in [0.25, 0.3) is 0 Å². The van der Waals surface area contributed by atoms with Crippen molar-refractivity contribution in [1.29, 1.82) is 0 Å². The summed E-state index contributed by atoms with van der Waals surface area (Å²) in [5.41, 5.74) is 6.40. The largest absolute Gasteiger partial charge is 0.381 e. The fourth-order valence-electron chi connectivity index (χ4n) is 3.01. The second-order valence-electron chi connectivity index (χ2n) is 4.78. The van der Waals surface area contributed by atoms with Crippen LogP contribution in [-0.2, 0) is 9.47 Å². The summed E-state index contributed by atoms with van der Waals surface area (Å²) in [6, 6.07) is 0.289. The van der Waals surface area contributed by atoms with Crippen molar-refractivity contribution in [2.24, 2.45) is 17.1 Å². The van der Waals surface area contributed by atoms with Crippen molar-refractivity contribution in [3.05, 3.63) is 0 Å². The van der Waals surface area contributed by atoms with Crippen LogP contribution in [0.15, 0.2) is 0 Å². The van der Waals surface area contributed by atoms with Crippen LogP contribution >= 0.6 is 0 Å². The van der Waals surface area contributed by atoms with Gasteiger partial charge in [-0.05, 0) is 32.1 Å². The molecule has 0 aromatic carbocycles. The molecule has 2 heterocycles. The highest BCUT2D eigenvalue weighted by molar-refractivity contribution is 4.93. The van der Waals surface area contributed by atoms with Gasteiger partial charge in [0.25, 0.3) is 0 Å². The highest BCUT2D eigenvalue weighted by atomic mass is 16.5. The molecule has 14 heavy (non-hydrogen) atoms. The van der Waals surface area contributed by atoms with Gasteiger partial charge in [-0.15, -0.1) is 0 Å². The van der Waals surface area contributed by atoms with E-state index >= 15 is 0 Å². The van der Waals surface area contributed by atoms with Gasteiger partial charge in [0.2, 0.25) is 0 Å². The normalized spacial score (nSPS) is 34.3. The summed E-state index contributed by atoms with van der Waals surface area (Å²) in [6.45, 7) is 5.67. The minimum atomic E-state index is 0.289. The summed E-state index contributed by atoms with van der Waals surface area (Å²) in [6.07, 6.45) is 3.37. The summed E-state index contributed by atoms with van der Waals surface area (Å²) in [5, 5.41) is 0. The quantitative estimate of drug-likeness (QED) is 0.689. The van der Waals surface area contributed by atoms with Crippen LogP contribution in [0.3, 0.4) is 0 Å². The molecular weight excluding hydrogens is 178 g/mol. The molecule has 0 saturated carbocycles. The zero-order chi connectivity index (χ0) is 10.0. The van der Waals surface area contributed by atoms with Gasteiger partial charge < -0.3 is 15.2 Å². The Hall–Kier alpha value is -0.120. The minimum absolute atomic E-state index is 0.289. The van der Waals surface area contributed by atoms with Crippen LogP contribution < -0.4 is 5.73 Å². The van der Waals surface area contributed by atoms with Crippen molar-refractivity contribution < 1.29 is 9.47 Å². The molecule has 2 saturated heterocycles. The Labute approximate surface area is 85.9 Å². The smallest absolute Gasteiger partial charge is 0.0527 e. The van der Waals surface area contributed by atoms with Crippen LogP contribution in [0.5, 0.6) is 0 Å². The molecule has 3 heteroatoms. The molecule has 0 aliphatic carbocycles. The molecule has 2 atom stereocenters. The van der Waals surface area contributed by atoms with Crippen molar-refractivity contribution in [1.82, 2.24) is 0 Å². The summed E-state index contributed by atoms with van der Waals surface area (Å²) < 4.78 is 11.1. The van der Waals surface area contributed by atoms with Crippen LogP contribution in [0, 0.1) is 11.3 Å². The maximum Gasteiger partial charge on any atom is 0.0527 e. The maximum atomic E-state index is 6.08. The molecule has 1 spiro atoms. The Bertz CT molecular complexity index is 179. The van der Waals surface area contributed by atoms with Gasteiger partial charge in [0, 0.05) is 31.3 Å². The average molecular weight is 199 g/mol. The number of hydrogen-bond donors (Lipinski definition) is 1. The monoisotopic (exact) mass is 199 g/mol. The standard InChI is InChI=1S/C11H21NO2/c1-9(12)10-2-5-14-8-11(10)3-6-13-7-4-11/h9-10H,2-8,12H2,1H3. The lowest BCUT2D eigenvalue weighted by Gasteiger charge is -2.47. The van der Waals surface area contributed by atoms with E-state index in [9.17, 15) is 0 Å². The van der Waals surface area contributed by atoms with Gasteiger partial charge in [0.15, 0.2) is 0 Å². The van der Waals surface area contributed by atoms with E-state index in [1.54, 1.807) is 0 Å². The van der Waals surface area contributed by atoms with Crippen molar-refractivity contribution in [2.45, 2.75) is 32.2 Å². The molecule has 0 bridgehead atoms. The number of nitrogens with two attached hydrogens (primary N) is 1. The number of ether oxygens (including phenoxy) is 2. The molecule has 0 radical (unpaired) electrons. The lowest BCUT2D eigenvalue weighted by molar-refractivity contribution is -0.112. The third kappa shape index (κ3) is 1.81. The number of rotatable bonds is 1. The second-order valence-corrected chi connectivity index (χ2v) is 4.78. The first-order valence-corrected chi connectivity index (χ1v) is 5.66. The highest BCUT2D eigenvalue weighted by Gasteiger charge is 2.43. The fourth-order valence-corrected chi connectivity index (χ4v) is 3.01. The molecule has 3 nitrogen and oxygen atoms in total. The van der Waals surface area contributed by atoms with Crippen molar-refractivity contribution in [3.63, 3.8) is 0 Å². The van der Waals surface area contributed by atoms with Crippen LogP contribution in [0.1, 0.15) is 26.2 Å². The van der Waals surface area contributed by atoms with E-state index in [4.69, 9.17) is 15.2 Å². The van der Waals surface area contributed by atoms with Crippen molar-refractivity contribution >= 4 is 0 Å². The molecule has 2 unspecified atom stereocenters. The summed E-state index contributed by atoms with van der Waals surface area (Å²) in [4.78, 5) is 0. The lowest BCUT2D eigenvalue weighted by atomic mass is 9.65. The van der Waals surface area contributed by atoms with Gasteiger partial charge in [-0.25, -0.2) is 0 Å². The molecule has 82 valence electrons. The maximum absolute atomic E-state index is 6.08. The number of hydrogen-bond acceptors (Lipinski definition) is 3. The fraction of sp³-hybridized carbons (Fsp3) is 1.00. The Kier molecular flexibility index (Phi) is 3.10. The van der Waals surface area contributed by atoms with Crippen molar-refractivity contribution in [2.75, 3.05) is 26.4 Å². The van der Waals surface area contributed by atoms with E-state index in [2.05, 4.69) is 6.92 Å². The zero-order valence-corrected chi connectivity index (χ0v) is 9.00. The average Bonchev–Trinajstić information content (AvgIpc) is 2.19. The minimum Gasteiger partial charge on any atom is -0.381 e. The summed E-state index contributed by atoms with van der Waals surface area (Å²) >= 11 is 0. The third-order valence-corrected chi connectivity index (χ3v) is 3.87. The van der Waals surface area contributed by atoms with Crippen LogP contribution in [-0.4, -0.2) is 32.5 Å². The first kappa shape index (κ1) is 10.4. The zero-order valence-electron chi connectivity index (χ0n) is 9.00. The van der Waals surface area contributed by atoms with E-state index in [-0.39, 0.29) is 6.04 Å². The Morgan fingerprint density at radius 3 is 2.57 bits per heavy atom. The Morgan fingerprint density at radius 2 is 1.93 bits per heavy atom. The Morgan fingerprint density at radius 1 is 1.21 bits per heavy atom. The van der Waals surface area contributed by atoms with Crippen molar-refractivity contribution in [3.8, 4) is 0 Å². The van der Waals surface area contributed by atoms with E-state index in [0.717, 1.165) is 45.7 Å². The predicted molar refractivity (Wildman–Crippen MR) is 55.1 cm³/mol. The van der Waals surface area contributed by atoms with Gasteiger partial charge in [0.05, 0.1) is 6.61 Å². The van der Waals surface area contributed by atoms with Gasteiger partial charge in [0.1, 0.15) is 0 Å². The highest BCUT2D eigenvalue weighted by Crippen LogP contribution is 2.43. The predicted octanol–water partition coefficient (Wildman–Crippen LogP) is 1.17. The Balaban J connectivity index is 2.10. The lowest BCUT2D eigenvalue weighted by Crippen LogP contribution is -2.50. The van der Waals surface area contributed by atoms with Crippen LogP contribution in [0.4, 0.5) is 0 Å². The summed E-state index contributed by atoms with van der Waals surface area (Å²) in [7, 11) is 0. The first-order valence-electron chi connectivity index (χ1n) is 5.66. The molecule has 0 aromatic heterocycles. The molecule has 2 rings (SSSR count). The van der Waals surface area contributed by atoms with Gasteiger partial charge in [-0.3, -0.25) is 0 Å². The van der Waals surface area contributed by atoms with Gasteiger partial charge in [-0.2, -0.15) is 0 Å². The SMILES string of the molecule is CC(N)C1CCOCC12CCOCC2. The molecular formula is C11H21NO2. The summed E-state index contributed by atoms with van der Waals surface area (Å²) in [5.74, 6) is 0.625. The van der Waals surface area contributed by atoms with E-state index in [1.165, 1.54) is 0 Å². The van der Waals surface area contributed by atoms with E-state index < -0.39 is 0 Å². The molecule has 2 aliphatic rings. The second kappa shape index (κ2) is 4.17. The molecule has 0 aromatic rings. The third-order valence-electron chi connectivity index (χ3n) is 3.87. The van der Waals surface area contributed by atoms with Gasteiger partial charge in [-0.1, -0.05) is 0 Å². The van der Waals surface area contributed by atoms with Crippen LogP contribution in [0.2, 0.25) is 0 Å². The molecule has 2 aliphatic heterocycles. The first-order chi connectivity index (χ1) is 6.75. The van der Waals surface area contributed by atoms with E-state index in [1.807, 2.05) is 0 Å². The van der Waals surface area contributed by atoms with E-state index in [0.29, 0.717) is 11.3 Å². The molecule has 2 N–H and O–H groups in total. The topological polar surface area (TPSA) is 44.5 Å². The molecule has 2 fully saturated rings.